The molecule has 0 N–H and O–H groups in total. The second kappa shape index (κ2) is 6.68. The van der Waals surface area contributed by atoms with Gasteiger partial charge in [-0.25, -0.2) is 0 Å². The van der Waals surface area contributed by atoms with Crippen molar-refractivity contribution in [3.63, 3.8) is 0 Å². The minimum atomic E-state index is 0.0917. The lowest BCUT2D eigenvalue weighted by molar-refractivity contribution is 0.326. The van der Waals surface area contributed by atoms with E-state index in [0.29, 0.717) is 4.58 Å². The molecule has 1 saturated heterocycles. The fourth-order valence-corrected chi connectivity index (χ4v) is 5.53. The monoisotopic (exact) mass is 338 g/mol. The van der Waals surface area contributed by atoms with Crippen LogP contribution in [0.3, 0.4) is 0 Å². The molecule has 1 nitrogen and oxygen atoms in total. The predicted octanol–water partition coefficient (Wildman–Crippen LogP) is 6.16. The van der Waals surface area contributed by atoms with Crippen LogP contribution >= 0.6 is 23.5 Å². The lowest BCUT2D eigenvalue weighted by atomic mass is 9.79. The molecule has 0 aliphatic carbocycles. The van der Waals surface area contributed by atoms with Crippen molar-refractivity contribution in [1.29, 1.82) is 0 Å². The van der Waals surface area contributed by atoms with E-state index in [1.807, 2.05) is 0 Å². The van der Waals surface area contributed by atoms with E-state index in [9.17, 15) is 0 Å². The van der Waals surface area contributed by atoms with E-state index < -0.39 is 0 Å². The van der Waals surface area contributed by atoms with Gasteiger partial charge in [0.2, 0.25) is 0 Å². The van der Waals surface area contributed by atoms with Crippen molar-refractivity contribution in [3.8, 4) is 5.75 Å². The van der Waals surface area contributed by atoms with Crippen molar-refractivity contribution in [3.05, 3.63) is 28.8 Å². The highest BCUT2D eigenvalue weighted by Crippen LogP contribution is 2.51. The highest BCUT2D eigenvalue weighted by atomic mass is 32.2. The van der Waals surface area contributed by atoms with Crippen molar-refractivity contribution in [2.45, 2.75) is 63.9 Å². The molecule has 1 aromatic rings. The molecule has 1 aromatic carbocycles. The quantitative estimate of drug-likeness (QED) is 0.653. The Morgan fingerprint density at radius 3 is 2.05 bits per heavy atom. The van der Waals surface area contributed by atoms with Gasteiger partial charge in [0.05, 0.1) is 11.2 Å². The lowest BCUT2D eigenvalue weighted by Crippen LogP contribution is -2.19. The Bertz CT molecular complexity index is 517. The number of thioether (sulfide) groups is 2. The summed E-state index contributed by atoms with van der Waals surface area (Å²) in [6.45, 7) is 16.6. The molecule has 124 valence electrons. The molecule has 1 aliphatic rings. The van der Waals surface area contributed by atoms with Gasteiger partial charge in [-0.3, -0.25) is 0 Å². The zero-order valence-electron chi connectivity index (χ0n) is 15.1. The standard InChI is InChI=1S/C19H30OS2/c1-8-20-16-14(17-21-9-10-22-17)11-13(18(2,3)4)12-15(16)19(5,6)7/h11-12,17H,8-10H2,1-7H3. The van der Waals surface area contributed by atoms with E-state index in [1.165, 1.54) is 28.2 Å². The van der Waals surface area contributed by atoms with Gasteiger partial charge in [-0.2, -0.15) is 0 Å². The van der Waals surface area contributed by atoms with Crippen molar-refractivity contribution in [2.24, 2.45) is 0 Å². The lowest BCUT2D eigenvalue weighted by Gasteiger charge is -2.30. The van der Waals surface area contributed by atoms with Crippen molar-refractivity contribution >= 4 is 23.5 Å². The predicted molar refractivity (Wildman–Crippen MR) is 103 cm³/mol. The average molecular weight is 339 g/mol. The smallest absolute Gasteiger partial charge is 0.128 e. The summed E-state index contributed by atoms with van der Waals surface area (Å²) in [5, 5.41) is 0. The Hall–Kier alpha value is -0.280. The van der Waals surface area contributed by atoms with E-state index in [0.717, 1.165) is 12.4 Å². The Kier molecular flexibility index (Phi) is 5.49. The number of ether oxygens (including phenoxy) is 1. The minimum Gasteiger partial charge on any atom is -0.493 e. The van der Waals surface area contributed by atoms with Gasteiger partial charge in [0.25, 0.3) is 0 Å². The Labute approximate surface area is 145 Å². The van der Waals surface area contributed by atoms with Crippen LogP contribution in [0.25, 0.3) is 0 Å². The average Bonchev–Trinajstić information content (AvgIpc) is 2.90. The molecule has 0 radical (unpaired) electrons. The Morgan fingerprint density at radius 2 is 1.59 bits per heavy atom. The molecule has 22 heavy (non-hydrogen) atoms. The fraction of sp³-hybridized carbons (Fsp3) is 0.684. The van der Waals surface area contributed by atoms with Gasteiger partial charge < -0.3 is 4.74 Å². The van der Waals surface area contributed by atoms with Crippen molar-refractivity contribution < 1.29 is 4.74 Å². The van der Waals surface area contributed by atoms with Gasteiger partial charge in [-0.15, -0.1) is 23.5 Å². The van der Waals surface area contributed by atoms with Gasteiger partial charge in [0.15, 0.2) is 0 Å². The molecule has 1 heterocycles. The van der Waals surface area contributed by atoms with Gasteiger partial charge in [-0.05, 0) is 29.4 Å². The van der Waals surface area contributed by atoms with Crippen LogP contribution in [0.1, 0.15) is 69.7 Å². The molecule has 0 aromatic heterocycles. The maximum atomic E-state index is 6.15. The Balaban J connectivity index is 2.66. The second-order valence-corrected chi connectivity index (χ2v) is 10.7. The summed E-state index contributed by atoms with van der Waals surface area (Å²) in [4.78, 5) is 0. The molecule has 0 spiro atoms. The number of hydrogen-bond donors (Lipinski definition) is 0. The van der Waals surface area contributed by atoms with E-state index in [2.05, 4.69) is 84.1 Å². The van der Waals surface area contributed by atoms with Crippen LogP contribution in [0.4, 0.5) is 0 Å². The molecule has 3 heteroatoms. The zero-order valence-corrected chi connectivity index (χ0v) is 16.7. The van der Waals surface area contributed by atoms with Crippen molar-refractivity contribution in [2.75, 3.05) is 18.1 Å². The molecular weight excluding hydrogens is 308 g/mol. The molecular formula is C19H30OS2. The van der Waals surface area contributed by atoms with Crippen LogP contribution in [-0.4, -0.2) is 18.1 Å². The summed E-state index contributed by atoms with van der Waals surface area (Å²) in [5.74, 6) is 3.62. The van der Waals surface area contributed by atoms with Gasteiger partial charge in [0, 0.05) is 22.6 Å². The maximum absolute atomic E-state index is 6.15. The fourth-order valence-electron chi connectivity index (χ4n) is 2.66. The first kappa shape index (κ1) is 18.1. The maximum Gasteiger partial charge on any atom is 0.128 e. The topological polar surface area (TPSA) is 9.23 Å². The van der Waals surface area contributed by atoms with Crippen molar-refractivity contribution in [1.82, 2.24) is 0 Å². The largest absolute Gasteiger partial charge is 0.493 e. The Morgan fingerprint density at radius 1 is 1.00 bits per heavy atom. The van der Waals surface area contributed by atoms with Gasteiger partial charge in [0.1, 0.15) is 5.75 Å². The van der Waals surface area contributed by atoms with Crippen LogP contribution < -0.4 is 4.74 Å². The molecule has 0 saturated carbocycles. The summed E-state index contributed by atoms with van der Waals surface area (Å²) < 4.78 is 6.67. The summed E-state index contributed by atoms with van der Waals surface area (Å²) in [6.07, 6.45) is 0. The third-order valence-corrected chi connectivity index (χ3v) is 7.02. The van der Waals surface area contributed by atoms with E-state index in [1.54, 1.807) is 0 Å². The summed E-state index contributed by atoms with van der Waals surface area (Å²) in [6, 6.07) is 4.77. The van der Waals surface area contributed by atoms with Crippen LogP contribution in [0, 0.1) is 0 Å². The van der Waals surface area contributed by atoms with Gasteiger partial charge in [-0.1, -0.05) is 47.6 Å². The van der Waals surface area contributed by atoms with Crippen LogP contribution in [0.5, 0.6) is 5.75 Å². The first-order valence-electron chi connectivity index (χ1n) is 8.19. The third kappa shape index (κ3) is 3.97. The summed E-state index contributed by atoms with van der Waals surface area (Å²) >= 11 is 4.11. The van der Waals surface area contributed by atoms with Gasteiger partial charge >= 0.3 is 0 Å². The molecule has 0 amide bonds. The third-order valence-electron chi connectivity index (χ3n) is 3.96. The zero-order chi connectivity index (χ0) is 16.5. The number of hydrogen-bond acceptors (Lipinski definition) is 3. The summed E-state index contributed by atoms with van der Waals surface area (Å²) in [7, 11) is 0. The normalized spacial score (nSPS) is 17.0. The highest BCUT2D eigenvalue weighted by Gasteiger charge is 2.30. The SMILES string of the molecule is CCOc1c(C2SCCS2)cc(C(C)(C)C)cc1C(C)(C)C. The molecule has 0 bridgehead atoms. The first-order valence-corrected chi connectivity index (χ1v) is 10.3. The van der Waals surface area contributed by atoms with E-state index in [4.69, 9.17) is 4.74 Å². The molecule has 0 unspecified atom stereocenters. The molecule has 2 rings (SSSR count). The highest BCUT2D eigenvalue weighted by molar-refractivity contribution is 8.19. The van der Waals surface area contributed by atoms with Crippen LogP contribution in [0.2, 0.25) is 0 Å². The first-order chi connectivity index (χ1) is 10.1. The molecule has 1 aliphatic heterocycles. The number of benzene rings is 1. The summed E-state index contributed by atoms with van der Waals surface area (Å²) in [5.41, 5.74) is 4.42. The second-order valence-electron chi connectivity index (χ2n) is 7.95. The van der Waals surface area contributed by atoms with Crippen LogP contribution in [0.15, 0.2) is 12.1 Å². The van der Waals surface area contributed by atoms with Crippen LogP contribution in [-0.2, 0) is 10.8 Å². The number of rotatable bonds is 3. The molecule has 0 atom stereocenters. The molecule has 1 fully saturated rings. The van der Waals surface area contributed by atoms with E-state index in [-0.39, 0.29) is 10.8 Å². The minimum absolute atomic E-state index is 0.0917. The van der Waals surface area contributed by atoms with E-state index >= 15 is 0 Å².